The third-order valence-electron chi connectivity index (χ3n) is 2.85. The summed E-state index contributed by atoms with van der Waals surface area (Å²) in [6.45, 7) is 2.15. The fraction of sp³-hybridized carbons (Fsp3) is 0.286. The van der Waals surface area contributed by atoms with Crippen LogP contribution in [0.1, 0.15) is 18.2 Å². The van der Waals surface area contributed by atoms with Crippen molar-refractivity contribution in [3.63, 3.8) is 0 Å². The van der Waals surface area contributed by atoms with Gasteiger partial charge in [0.2, 0.25) is 0 Å². The summed E-state index contributed by atoms with van der Waals surface area (Å²) in [6.07, 6.45) is 1.44. The average Bonchev–Trinajstić information content (AvgIpc) is 2.80. The molecule has 0 radical (unpaired) electrons. The van der Waals surface area contributed by atoms with Gasteiger partial charge >= 0.3 is 0 Å². The van der Waals surface area contributed by atoms with Crippen LogP contribution >= 0.6 is 0 Å². The third kappa shape index (κ3) is 2.34. The summed E-state index contributed by atoms with van der Waals surface area (Å²) in [7, 11) is 0. The van der Waals surface area contributed by atoms with E-state index in [-0.39, 0.29) is 6.61 Å². The van der Waals surface area contributed by atoms with Gasteiger partial charge in [-0.25, -0.2) is 0 Å². The van der Waals surface area contributed by atoms with Crippen molar-refractivity contribution >= 4 is 5.69 Å². The largest absolute Gasteiger partial charge is 0.461 e. The van der Waals surface area contributed by atoms with Gasteiger partial charge in [-0.3, -0.25) is 0 Å². The zero-order valence-corrected chi connectivity index (χ0v) is 9.94. The number of aliphatic hydroxyl groups is 1. The van der Waals surface area contributed by atoms with Crippen LogP contribution in [0.15, 0.2) is 34.7 Å². The first-order valence-corrected chi connectivity index (χ1v) is 5.83. The van der Waals surface area contributed by atoms with E-state index in [2.05, 4.69) is 0 Å². The smallest absolute Gasteiger partial charge is 0.136 e. The average molecular weight is 231 g/mol. The normalized spacial score (nSPS) is 10.7. The van der Waals surface area contributed by atoms with E-state index >= 15 is 0 Å². The maximum absolute atomic E-state index is 8.97. The quantitative estimate of drug-likeness (QED) is 0.795. The zero-order valence-electron chi connectivity index (χ0n) is 9.94. The van der Waals surface area contributed by atoms with Gasteiger partial charge in [0, 0.05) is 24.3 Å². The van der Waals surface area contributed by atoms with E-state index in [9.17, 15) is 0 Å². The highest BCUT2D eigenvalue weighted by Crippen LogP contribution is 2.30. The Morgan fingerprint density at radius 2 is 2.06 bits per heavy atom. The van der Waals surface area contributed by atoms with Crippen LogP contribution in [-0.4, -0.2) is 11.7 Å². The molecule has 1 aromatic heterocycles. The number of hydrogen-bond donors (Lipinski definition) is 2. The molecule has 3 nitrogen and oxygen atoms in total. The van der Waals surface area contributed by atoms with Crippen LogP contribution < -0.4 is 5.73 Å². The van der Waals surface area contributed by atoms with E-state index in [4.69, 9.17) is 15.3 Å². The molecule has 0 saturated heterocycles. The van der Waals surface area contributed by atoms with Crippen molar-refractivity contribution in [3.05, 3.63) is 41.7 Å². The van der Waals surface area contributed by atoms with E-state index < -0.39 is 0 Å². The van der Waals surface area contributed by atoms with Crippen LogP contribution in [0.5, 0.6) is 0 Å². The van der Waals surface area contributed by atoms with Crippen molar-refractivity contribution in [1.82, 2.24) is 0 Å². The van der Waals surface area contributed by atoms with Gasteiger partial charge in [-0.2, -0.15) is 0 Å². The van der Waals surface area contributed by atoms with Crippen molar-refractivity contribution in [3.8, 4) is 11.3 Å². The van der Waals surface area contributed by atoms with Crippen molar-refractivity contribution < 1.29 is 9.52 Å². The standard InChI is InChI=1S/C14H17NO2/c1-2-11-6-7-13(17-11)12-5-3-4-10(8-9-16)14(12)15/h3-7,16H,2,8-9,15H2,1H3. The molecule has 1 heterocycles. The van der Waals surface area contributed by atoms with Gasteiger partial charge in [0.1, 0.15) is 11.5 Å². The Morgan fingerprint density at radius 3 is 2.71 bits per heavy atom. The number of aliphatic hydroxyl groups excluding tert-OH is 1. The minimum Gasteiger partial charge on any atom is -0.461 e. The molecule has 17 heavy (non-hydrogen) atoms. The first-order valence-electron chi connectivity index (χ1n) is 5.83. The number of furan rings is 1. The van der Waals surface area contributed by atoms with Crippen LogP contribution in [0.3, 0.4) is 0 Å². The Balaban J connectivity index is 2.41. The lowest BCUT2D eigenvalue weighted by Crippen LogP contribution is -1.99. The van der Waals surface area contributed by atoms with Crippen LogP contribution in [-0.2, 0) is 12.8 Å². The molecule has 0 spiro atoms. The number of aryl methyl sites for hydroxylation is 1. The van der Waals surface area contributed by atoms with Gasteiger partial charge in [-0.15, -0.1) is 0 Å². The minimum absolute atomic E-state index is 0.103. The Kier molecular flexibility index (Phi) is 3.49. The molecule has 0 atom stereocenters. The fourth-order valence-corrected chi connectivity index (χ4v) is 1.88. The minimum atomic E-state index is 0.103. The molecular weight excluding hydrogens is 214 g/mol. The van der Waals surface area contributed by atoms with E-state index in [1.54, 1.807) is 0 Å². The summed E-state index contributed by atoms with van der Waals surface area (Å²) in [6, 6.07) is 9.71. The van der Waals surface area contributed by atoms with Crippen molar-refractivity contribution in [1.29, 1.82) is 0 Å². The molecule has 0 aliphatic heterocycles. The Labute approximate surface area is 101 Å². The van der Waals surface area contributed by atoms with Crippen LogP contribution in [0.2, 0.25) is 0 Å². The van der Waals surface area contributed by atoms with Gasteiger partial charge < -0.3 is 15.3 Å². The molecule has 0 aliphatic rings. The van der Waals surface area contributed by atoms with Crippen molar-refractivity contribution in [2.45, 2.75) is 19.8 Å². The molecule has 1 aromatic carbocycles. The second-order valence-electron chi connectivity index (χ2n) is 3.97. The highest BCUT2D eigenvalue weighted by molar-refractivity contribution is 5.75. The monoisotopic (exact) mass is 231 g/mol. The Bertz CT molecular complexity index is 503. The van der Waals surface area contributed by atoms with E-state index in [1.807, 2.05) is 37.3 Å². The van der Waals surface area contributed by atoms with Crippen molar-refractivity contribution in [2.24, 2.45) is 0 Å². The molecule has 90 valence electrons. The lowest BCUT2D eigenvalue weighted by molar-refractivity contribution is 0.300. The van der Waals surface area contributed by atoms with E-state index in [0.717, 1.165) is 29.1 Å². The molecule has 3 N–H and O–H groups in total. The molecule has 0 fully saturated rings. The summed E-state index contributed by atoms with van der Waals surface area (Å²) in [5, 5.41) is 8.97. The first-order chi connectivity index (χ1) is 8.26. The van der Waals surface area contributed by atoms with Gasteiger partial charge in [-0.05, 0) is 30.2 Å². The van der Waals surface area contributed by atoms with E-state index in [0.29, 0.717) is 12.1 Å². The third-order valence-corrected chi connectivity index (χ3v) is 2.85. The molecule has 2 rings (SSSR count). The molecule has 0 bridgehead atoms. The van der Waals surface area contributed by atoms with Crippen LogP contribution in [0.25, 0.3) is 11.3 Å². The predicted molar refractivity (Wildman–Crippen MR) is 68.7 cm³/mol. The number of anilines is 1. The highest BCUT2D eigenvalue weighted by Gasteiger charge is 2.10. The fourth-order valence-electron chi connectivity index (χ4n) is 1.88. The maximum atomic E-state index is 8.97. The van der Waals surface area contributed by atoms with Crippen molar-refractivity contribution in [2.75, 3.05) is 12.3 Å². The predicted octanol–water partition coefficient (Wildman–Crippen LogP) is 2.63. The van der Waals surface area contributed by atoms with Gasteiger partial charge in [0.05, 0.1) is 0 Å². The number of nitrogen functional groups attached to an aromatic ring is 1. The first kappa shape index (κ1) is 11.7. The summed E-state index contributed by atoms with van der Waals surface area (Å²) < 4.78 is 5.69. The summed E-state index contributed by atoms with van der Waals surface area (Å²) >= 11 is 0. The number of rotatable bonds is 4. The Hall–Kier alpha value is -1.74. The second-order valence-corrected chi connectivity index (χ2v) is 3.97. The molecule has 0 amide bonds. The summed E-state index contributed by atoms with van der Waals surface area (Å²) in [5.41, 5.74) is 8.63. The molecule has 0 unspecified atom stereocenters. The maximum Gasteiger partial charge on any atom is 0.136 e. The van der Waals surface area contributed by atoms with Gasteiger partial charge in [-0.1, -0.05) is 19.1 Å². The number of hydrogen-bond acceptors (Lipinski definition) is 3. The molecular formula is C14H17NO2. The topological polar surface area (TPSA) is 59.4 Å². The SMILES string of the molecule is CCc1ccc(-c2cccc(CCO)c2N)o1. The van der Waals surface area contributed by atoms with Crippen LogP contribution in [0.4, 0.5) is 5.69 Å². The molecule has 0 aliphatic carbocycles. The molecule has 3 heteroatoms. The van der Waals surface area contributed by atoms with Gasteiger partial charge in [0.25, 0.3) is 0 Å². The van der Waals surface area contributed by atoms with E-state index in [1.165, 1.54) is 0 Å². The lowest BCUT2D eigenvalue weighted by Gasteiger charge is -2.08. The lowest BCUT2D eigenvalue weighted by atomic mass is 10.0. The van der Waals surface area contributed by atoms with Gasteiger partial charge in [0.15, 0.2) is 0 Å². The van der Waals surface area contributed by atoms with Crippen LogP contribution in [0, 0.1) is 0 Å². The summed E-state index contributed by atoms with van der Waals surface area (Å²) in [4.78, 5) is 0. The Morgan fingerprint density at radius 1 is 1.24 bits per heavy atom. The number of benzene rings is 1. The number of para-hydroxylation sites is 1. The number of nitrogens with two attached hydrogens (primary N) is 1. The second kappa shape index (κ2) is 5.06. The summed E-state index contributed by atoms with van der Waals surface area (Å²) in [5.74, 6) is 1.74. The zero-order chi connectivity index (χ0) is 12.3. The highest BCUT2D eigenvalue weighted by atomic mass is 16.3. The molecule has 0 saturated carbocycles. The molecule has 2 aromatic rings.